The van der Waals surface area contributed by atoms with E-state index in [0.29, 0.717) is 0 Å². The van der Waals surface area contributed by atoms with E-state index in [-0.39, 0.29) is 0 Å². The Morgan fingerprint density at radius 2 is 2.11 bits per heavy atom. The van der Waals surface area contributed by atoms with Gasteiger partial charge in [-0.3, -0.25) is 0 Å². The van der Waals surface area contributed by atoms with Crippen molar-refractivity contribution in [3.8, 4) is 0 Å². The monoisotopic (exact) mass is 255 g/mol. The van der Waals surface area contributed by atoms with E-state index in [2.05, 4.69) is 55.0 Å². The van der Waals surface area contributed by atoms with Gasteiger partial charge in [0.1, 0.15) is 0 Å². The van der Waals surface area contributed by atoms with Crippen LogP contribution in [-0.2, 0) is 0 Å². The molecule has 0 N–H and O–H groups in total. The molecule has 0 aromatic carbocycles. The van der Waals surface area contributed by atoms with Gasteiger partial charge in [0.25, 0.3) is 0 Å². The van der Waals surface area contributed by atoms with E-state index in [1.54, 1.807) is 0 Å². The highest BCUT2D eigenvalue weighted by atomic mass is 15.1. The van der Waals surface area contributed by atoms with E-state index in [1.807, 2.05) is 0 Å². The number of rotatable bonds is 3. The summed E-state index contributed by atoms with van der Waals surface area (Å²) in [4.78, 5) is 2.33. The largest absolute Gasteiger partial charge is 0.352 e. The normalized spacial score (nSPS) is 22.2. The SMILES string of the molecule is C=C1CCCC/C=C\N1CCC1=CC=C(C)CC=C1. The maximum absolute atomic E-state index is 4.22. The summed E-state index contributed by atoms with van der Waals surface area (Å²) in [6.07, 6.45) is 20.6. The second-order valence-corrected chi connectivity index (χ2v) is 5.50. The molecule has 19 heavy (non-hydrogen) atoms. The fraction of sp³-hybridized carbons (Fsp3) is 0.444. The molecule has 0 amide bonds. The fourth-order valence-electron chi connectivity index (χ4n) is 2.46. The van der Waals surface area contributed by atoms with Gasteiger partial charge in [-0.2, -0.15) is 0 Å². The maximum atomic E-state index is 4.22. The summed E-state index contributed by atoms with van der Waals surface area (Å²) >= 11 is 0. The van der Waals surface area contributed by atoms with E-state index in [4.69, 9.17) is 0 Å². The zero-order valence-electron chi connectivity index (χ0n) is 12.1. The number of hydrogen-bond acceptors (Lipinski definition) is 1. The summed E-state index contributed by atoms with van der Waals surface area (Å²) in [7, 11) is 0. The lowest BCUT2D eigenvalue weighted by atomic mass is 10.1. The summed E-state index contributed by atoms with van der Waals surface area (Å²) < 4.78 is 0. The molecular weight excluding hydrogens is 230 g/mol. The summed E-state index contributed by atoms with van der Waals surface area (Å²) in [5.74, 6) is 0. The minimum absolute atomic E-state index is 1.04. The summed E-state index contributed by atoms with van der Waals surface area (Å²) in [5.41, 5.74) is 4.11. The molecule has 102 valence electrons. The van der Waals surface area contributed by atoms with Crippen LogP contribution in [0.2, 0.25) is 0 Å². The van der Waals surface area contributed by atoms with Crippen molar-refractivity contribution in [3.63, 3.8) is 0 Å². The van der Waals surface area contributed by atoms with Gasteiger partial charge in [-0.05, 0) is 57.2 Å². The molecule has 0 fully saturated rings. The van der Waals surface area contributed by atoms with E-state index in [0.717, 1.165) is 25.8 Å². The van der Waals surface area contributed by atoms with Gasteiger partial charge in [-0.15, -0.1) is 0 Å². The topological polar surface area (TPSA) is 3.24 Å². The zero-order chi connectivity index (χ0) is 13.5. The van der Waals surface area contributed by atoms with Crippen molar-refractivity contribution < 1.29 is 0 Å². The second-order valence-electron chi connectivity index (χ2n) is 5.50. The third-order valence-electron chi connectivity index (χ3n) is 3.77. The molecule has 1 aliphatic heterocycles. The van der Waals surface area contributed by atoms with Crippen LogP contribution >= 0.6 is 0 Å². The van der Waals surface area contributed by atoms with Crippen molar-refractivity contribution in [1.82, 2.24) is 4.90 Å². The average molecular weight is 255 g/mol. The Morgan fingerprint density at radius 3 is 3.00 bits per heavy atom. The molecule has 0 saturated carbocycles. The number of allylic oxidation sites excluding steroid dienone is 7. The molecule has 0 aromatic heterocycles. The lowest BCUT2D eigenvalue weighted by Gasteiger charge is -2.24. The standard InChI is InChI=1S/C18H25N/c1-16-8-7-10-18(12-11-16)13-15-19-14-6-4-3-5-9-17(19)2/h6-7,10-12,14H,2-5,8-9,13,15H2,1H3/b14-6-. The van der Waals surface area contributed by atoms with Gasteiger partial charge in [0.15, 0.2) is 0 Å². The van der Waals surface area contributed by atoms with Gasteiger partial charge in [0.05, 0.1) is 0 Å². The molecule has 1 aliphatic carbocycles. The van der Waals surface area contributed by atoms with Crippen molar-refractivity contribution in [2.24, 2.45) is 0 Å². The molecule has 1 nitrogen and oxygen atoms in total. The van der Waals surface area contributed by atoms with Crippen LogP contribution in [0.15, 0.2) is 60.0 Å². The molecule has 1 heteroatoms. The molecular formula is C18H25N. The Kier molecular flexibility index (Phi) is 5.26. The molecule has 0 spiro atoms. The van der Waals surface area contributed by atoms with Gasteiger partial charge in [-0.1, -0.05) is 42.5 Å². The molecule has 0 aromatic rings. The van der Waals surface area contributed by atoms with Gasteiger partial charge in [0.2, 0.25) is 0 Å². The highest BCUT2D eigenvalue weighted by molar-refractivity contribution is 5.30. The van der Waals surface area contributed by atoms with Crippen LogP contribution in [0.3, 0.4) is 0 Å². The van der Waals surface area contributed by atoms with Crippen LogP contribution < -0.4 is 0 Å². The van der Waals surface area contributed by atoms with Crippen LogP contribution in [-0.4, -0.2) is 11.4 Å². The number of nitrogens with zero attached hydrogens (tertiary/aromatic N) is 1. The van der Waals surface area contributed by atoms with Gasteiger partial charge >= 0.3 is 0 Å². The first-order chi connectivity index (χ1) is 9.25. The van der Waals surface area contributed by atoms with E-state index in [1.165, 1.54) is 36.1 Å². The van der Waals surface area contributed by atoms with Crippen molar-refractivity contribution in [1.29, 1.82) is 0 Å². The van der Waals surface area contributed by atoms with E-state index in [9.17, 15) is 0 Å². The van der Waals surface area contributed by atoms with E-state index < -0.39 is 0 Å². The van der Waals surface area contributed by atoms with Crippen molar-refractivity contribution >= 4 is 0 Å². The maximum Gasteiger partial charge on any atom is 0.0262 e. The van der Waals surface area contributed by atoms with Crippen LogP contribution in [0.25, 0.3) is 0 Å². The highest BCUT2D eigenvalue weighted by Crippen LogP contribution is 2.19. The second kappa shape index (κ2) is 7.18. The molecule has 2 rings (SSSR count). The smallest absolute Gasteiger partial charge is 0.0262 e. The average Bonchev–Trinajstić information content (AvgIpc) is 2.59. The van der Waals surface area contributed by atoms with Crippen molar-refractivity contribution in [3.05, 3.63) is 60.0 Å². The van der Waals surface area contributed by atoms with Gasteiger partial charge in [-0.25, -0.2) is 0 Å². The molecule has 0 saturated heterocycles. The molecule has 0 bridgehead atoms. The lowest BCUT2D eigenvalue weighted by molar-refractivity contribution is 0.436. The third-order valence-corrected chi connectivity index (χ3v) is 3.77. The van der Waals surface area contributed by atoms with Crippen molar-refractivity contribution in [2.45, 2.75) is 45.4 Å². The lowest BCUT2D eigenvalue weighted by Crippen LogP contribution is -2.18. The molecule has 0 unspecified atom stereocenters. The summed E-state index contributed by atoms with van der Waals surface area (Å²) in [6.45, 7) is 7.44. The quantitative estimate of drug-likeness (QED) is 0.677. The predicted octanol–water partition coefficient (Wildman–Crippen LogP) is 5.11. The van der Waals surface area contributed by atoms with Gasteiger partial charge < -0.3 is 4.90 Å². The predicted molar refractivity (Wildman–Crippen MR) is 83.7 cm³/mol. The first kappa shape index (κ1) is 13.9. The van der Waals surface area contributed by atoms with Crippen LogP contribution in [0.1, 0.15) is 45.4 Å². The van der Waals surface area contributed by atoms with Crippen LogP contribution in [0.5, 0.6) is 0 Å². The third kappa shape index (κ3) is 4.59. The Balaban J connectivity index is 1.93. The zero-order valence-corrected chi connectivity index (χ0v) is 12.1. The number of hydrogen-bond donors (Lipinski definition) is 0. The summed E-state index contributed by atoms with van der Waals surface area (Å²) in [5, 5.41) is 0. The van der Waals surface area contributed by atoms with Gasteiger partial charge in [0, 0.05) is 12.2 Å². The Morgan fingerprint density at radius 1 is 1.21 bits per heavy atom. The Bertz CT molecular complexity index is 435. The molecule has 1 heterocycles. The van der Waals surface area contributed by atoms with Crippen LogP contribution in [0.4, 0.5) is 0 Å². The van der Waals surface area contributed by atoms with E-state index >= 15 is 0 Å². The molecule has 2 aliphatic rings. The van der Waals surface area contributed by atoms with Crippen molar-refractivity contribution in [2.75, 3.05) is 6.54 Å². The Labute approximate surface area is 117 Å². The minimum Gasteiger partial charge on any atom is -0.352 e. The molecule has 0 atom stereocenters. The fourth-order valence-corrected chi connectivity index (χ4v) is 2.46. The Hall–Kier alpha value is -1.50. The van der Waals surface area contributed by atoms with Crippen LogP contribution in [0, 0.1) is 0 Å². The first-order valence-corrected chi connectivity index (χ1v) is 7.39. The molecule has 0 radical (unpaired) electrons. The first-order valence-electron chi connectivity index (χ1n) is 7.39. The summed E-state index contributed by atoms with van der Waals surface area (Å²) in [6, 6.07) is 0. The minimum atomic E-state index is 1.04. The highest BCUT2D eigenvalue weighted by Gasteiger charge is 2.07.